The molecule has 8 nitrogen and oxygen atoms in total. The van der Waals surface area contributed by atoms with Gasteiger partial charge in [0, 0.05) is 25.7 Å². The molecular formula is C22H31N3O5S. The van der Waals surface area contributed by atoms with Gasteiger partial charge in [-0.25, -0.2) is 8.42 Å². The molecule has 9 heteroatoms. The number of nitrogens with zero attached hydrogens (tertiary/aromatic N) is 2. The van der Waals surface area contributed by atoms with E-state index < -0.39 is 22.2 Å². The maximum absolute atomic E-state index is 13.6. The van der Waals surface area contributed by atoms with Gasteiger partial charge in [0.1, 0.15) is 11.8 Å². The molecule has 2 amide bonds. The third-order valence-corrected chi connectivity index (χ3v) is 8.80. The number of sulfonamides is 1. The van der Waals surface area contributed by atoms with Crippen LogP contribution >= 0.6 is 0 Å². The van der Waals surface area contributed by atoms with Crippen LogP contribution in [0.2, 0.25) is 0 Å². The van der Waals surface area contributed by atoms with Gasteiger partial charge in [-0.1, -0.05) is 19.3 Å². The second-order valence-corrected chi connectivity index (χ2v) is 10.7. The van der Waals surface area contributed by atoms with Crippen LogP contribution < -0.4 is 10.1 Å². The minimum absolute atomic E-state index is 0.110. The Bertz CT molecular complexity index is 987. The average molecular weight is 450 g/mol. The number of amides is 2. The van der Waals surface area contributed by atoms with Gasteiger partial charge < -0.3 is 15.0 Å². The fourth-order valence-electron chi connectivity index (χ4n) is 4.91. The summed E-state index contributed by atoms with van der Waals surface area (Å²) in [6.07, 6.45) is 5.86. The van der Waals surface area contributed by atoms with Gasteiger partial charge in [-0.15, -0.1) is 0 Å². The molecule has 1 aromatic rings. The molecule has 0 spiro atoms. The second-order valence-electron chi connectivity index (χ2n) is 8.88. The summed E-state index contributed by atoms with van der Waals surface area (Å²) in [4.78, 5) is 27.0. The van der Waals surface area contributed by atoms with Gasteiger partial charge in [-0.05, 0) is 51.2 Å². The lowest BCUT2D eigenvalue weighted by molar-refractivity contribution is -0.136. The molecule has 1 saturated heterocycles. The fraction of sp³-hybridized carbons (Fsp3) is 0.636. The van der Waals surface area contributed by atoms with Crippen molar-refractivity contribution >= 4 is 27.5 Å². The number of anilines is 1. The lowest BCUT2D eigenvalue weighted by Gasteiger charge is -2.35. The Morgan fingerprint density at radius 1 is 1.16 bits per heavy atom. The molecule has 2 aliphatic heterocycles. The van der Waals surface area contributed by atoms with Gasteiger partial charge >= 0.3 is 0 Å². The first-order chi connectivity index (χ1) is 14.7. The molecule has 2 heterocycles. The maximum atomic E-state index is 13.6. The van der Waals surface area contributed by atoms with E-state index >= 15 is 0 Å². The van der Waals surface area contributed by atoms with E-state index in [4.69, 9.17) is 4.74 Å². The smallest absolute Gasteiger partial charge is 0.265 e. The highest BCUT2D eigenvalue weighted by atomic mass is 32.2. The van der Waals surface area contributed by atoms with E-state index in [1.54, 1.807) is 24.8 Å². The predicted octanol–water partition coefficient (Wildman–Crippen LogP) is 2.66. The predicted molar refractivity (Wildman–Crippen MR) is 116 cm³/mol. The maximum Gasteiger partial charge on any atom is 0.265 e. The Morgan fingerprint density at radius 3 is 2.58 bits per heavy atom. The number of fused-ring (bicyclic) bond motifs is 1. The summed E-state index contributed by atoms with van der Waals surface area (Å²) in [5.74, 6) is -0.0446. The van der Waals surface area contributed by atoms with E-state index in [1.165, 1.54) is 16.8 Å². The summed E-state index contributed by atoms with van der Waals surface area (Å²) in [6.45, 7) is 3.63. The second kappa shape index (κ2) is 8.43. The highest BCUT2D eigenvalue weighted by molar-refractivity contribution is 7.89. The van der Waals surface area contributed by atoms with Gasteiger partial charge in [-0.2, -0.15) is 4.31 Å². The number of hydrogen-bond donors (Lipinski definition) is 1. The van der Waals surface area contributed by atoms with Crippen LogP contribution in [0.4, 0.5) is 5.69 Å². The van der Waals surface area contributed by atoms with Crippen molar-refractivity contribution in [3.05, 3.63) is 17.7 Å². The van der Waals surface area contributed by atoms with Crippen LogP contribution in [0.3, 0.4) is 0 Å². The Hall–Kier alpha value is -2.13. The zero-order valence-corrected chi connectivity index (χ0v) is 19.2. The molecule has 1 aromatic carbocycles. The number of ether oxygens (including phenoxy) is 1. The van der Waals surface area contributed by atoms with Crippen LogP contribution in [0.1, 0.15) is 57.4 Å². The van der Waals surface area contributed by atoms with Gasteiger partial charge in [0.05, 0.1) is 10.6 Å². The molecule has 1 saturated carbocycles. The summed E-state index contributed by atoms with van der Waals surface area (Å²) in [6, 6.07) is 2.61. The molecule has 0 unspecified atom stereocenters. The highest BCUT2D eigenvalue weighted by Crippen LogP contribution is 2.37. The first-order valence-corrected chi connectivity index (χ1v) is 12.5. The van der Waals surface area contributed by atoms with Crippen molar-refractivity contribution in [2.75, 3.05) is 18.9 Å². The Kier molecular flexibility index (Phi) is 6.00. The van der Waals surface area contributed by atoms with Crippen LogP contribution in [-0.2, 0) is 19.6 Å². The summed E-state index contributed by atoms with van der Waals surface area (Å²) < 4.78 is 34.2. The first-order valence-electron chi connectivity index (χ1n) is 11.1. The van der Waals surface area contributed by atoms with Gasteiger partial charge in [-0.3, -0.25) is 9.59 Å². The zero-order valence-electron chi connectivity index (χ0n) is 18.4. The van der Waals surface area contributed by atoms with Gasteiger partial charge in [0.2, 0.25) is 15.9 Å². The average Bonchev–Trinajstić information content (AvgIpc) is 3.25. The van der Waals surface area contributed by atoms with Crippen molar-refractivity contribution in [3.8, 4) is 5.75 Å². The summed E-state index contributed by atoms with van der Waals surface area (Å²) in [5.41, 5.74) is 0.974. The third-order valence-electron chi connectivity index (χ3n) is 6.75. The normalized spacial score (nSPS) is 24.9. The minimum atomic E-state index is -3.90. The fourth-order valence-corrected chi connectivity index (χ4v) is 6.78. The molecule has 3 aliphatic rings. The lowest BCUT2D eigenvalue weighted by atomic mass is 9.94. The van der Waals surface area contributed by atoms with Crippen molar-refractivity contribution in [1.29, 1.82) is 0 Å². The Balaban J connectivity index is 1.61. The van der Waals surface area contributed by atoms with Crippen molar-refractivity contribution in [2.24, 2.45) is 0 Å². The molecule has 31 heavy (non-hydrogen) atoms. The molecule has 170 valence electrons. The summed E-state index contributed by atoms with van der Waals surface area (Å²) in [7, 11) is -2.09. The molecule has 0 aromatic heterocycles. The molecule has 2 fully saturated rings. The van der Waals surface area contributed by atoms with Crippen molar-refractivity contribution in [1.82, 2.24) is 9.21 Å². The number of aryl methyl sites for hydroxylation is 1. The van der Waals surface area contributed by atoms with Crippen LogP contribution in [0.15, 0.2) is 17.0 Å². The van der Waals surface area contributed by atoms with Crippen LogP contribution in [0.5, 0.6) is 5.75 Å². The van der Waals surface area contributed by atoms with E-state index in [-0.39, 0.29) is 22.8 Å². The summed E-state index contributed by atoms with van der Waals surface area (Å²) in [5, 5.41) is 2.74. The number of carbonyl (C=O) groups excluding carboxylic acids is 2. The van der Waals surface area contributed by atoms with E-state index in [2.05, 4.69) is 5.32 Å². The van der Waals surface area contributed by atoms with Crippen LogP contribution in [-0.4, -0.2) is 61.2 Å². The largest absolute Gasteiger partial charge is 0.479 e. The number of nitrogens with one attached hydrogen (secondary N) is 1. The number of hydrogen-bond acceptors (Lipinski definition) is 5. The third kappa shape index (κ3) is 4.05. The Labute approximate surface area is 184 Å². The molecule has 1 N–H and O–H groups in total. The van der Waals surface area contributed by atoms with E-state index in [1.807, 2.05) is 7.05 Å². The molecule has 2 atom stereocenters. The van der Waals surface area contributed by atoms with Crippen molar-refractivity contribution in [3.63, 3.8) is 0 Å². The van der Waals surface area contributed by atoms with Crippen LogP contribution in [0, 0.1) is 6.92 Å². The van der Waals surface area contributed by atoms with Gasteiger partial charge in [0.15, 0.2) is 6.10 Å². The molecule has 1 aliphatic carbocycles. The lowest BCUT2D eigenvalue weighted by Crippen LogP contribution is -2.50. The SMILES string of the molecule is Cc1cc2c(cc1S(=O)(=O)N1CCC[C@H]1C(=O)N(C)C1CCCCC1)O[C@H](C)C(=O)N2. The molecule has 4 rings (SSSR count). The monoisotopic (exact) mass is 449 g/mol. The van der Waals surface area contributed by atoms with Crippen LogP contribution in [0.25, 0.3) is 0 Å². The van der Waals surface area contributed by atoms with E-state index in [9.17, 15) is 18.0 Å². The van der Waals surface area contributed by atoms with E-state index in [0.717, 1.165) is 25.7 Å². The summed E-state index contributed by atoms with van der Waals surface area (Å²) >= 11 is 0. The molecule has 0 radical (unpaired) electrons. The topological polar surface area (TPSA) is 96.0 Å². The van der Waals surface area contributed by atoms with Gasteiger partial charge in [0.25, 0.3) is 5.91 Å². The zero-order chi connectivity index (χ0) is 22.3. The van der Waals surface area contributed by atoms with Crippen molar-refractivity contribution < 1.29 is 22.7 Å². The standard InChI is InChI=1S/C22H31N3O5S/c1-14-12-17-19(30-15(2)21(26)23-17)13-20(14)31(28,29)25-11-7-10-18(25)22(27)24(3)16-8-5-4-6-9-16/h12-13,15-16,18H,4-11H2,1-3H3,(H,23,26)/t15-,18+/m1/s1. The number of benzene rings is 1. The Morgan fingerprint density at radius 2 is 1.87 bits per heavy atom. The van der Waals surface area contributed by atoms with E-state index in [0.29, 0.717) is 36.4 Å². The minimum Gasteiger partial charge on any atom is -0.479 e. The quantitative estimate of drug-likeness (QED) is 0.762. The number of rotatable bonds is 4. The highest BCUT2D eigenvalue weighted by Gasteiger charge is 2.42. The molecular weight excluding hydrogens is 418 g/mol. The molecule has 0 bridgehead atoms. The number of likely N-dealkylation sites (N-methyl/N-ethyl adjacent to an activating group) is 1. The van der Waals surface area contributed by atoms with Crippen molar-refractivity contribution in [2.45, 2.75) is 81.9 Å². The first kappa shape index (κ1) is 22.1. The number of carbonyl (C=O) groups is 2.